The van der Waals surface area contributed by atoms with Crippen molar-refractivity contribution in [3.05, 3.63) is 94.0 Å². The van der Waals surface area contributed by atoms with Gasteiger partial charge in [0.15, 0.2) is 21.4 Å². The second-order valence-corrected chi connectivity index (χ2v) is 11.7. The summed E-state index contributed by atoms with van der Waals surface area (Å²) in [6, 6.07) is 15.0. The lowest BCUT2D eigenvalue weighted by atomic mass is 9.86. The van der Waals surface area contributed by atoms with E-state index < -0.39 is 27.1 Å². The van der Waals surface area contributed by atoms with Crippen LogP contribution in [0.2, 0.25) is 5.02 Å². The van der Waals surface area contributed by atoms with E-state index in [-0.39, 0.29) is 40.0 Å². The number of sulfone groups is 1. The summed E-state index contributed by atoms with van der Waals surface area (Å²) in [5.41, 5.74) is 0.740. The fourth-order valence-electron chi connectivity index (χ4n) is 4.38. The summed E-state index contributed by atoms with van der Waals surface area (Å²) in [6.45, 7) is 2.33. The molecule has 0 spiro atoms. The van der Waals surface area contributed by atoms with E-state index in [4.69, 9.17) is 21.1 Å². The van der Waals surface area contributed by atoms with Crippen LogP contribution >= 0.6 is 11.6 Å². The third-order valence-electron chi connectivity index (χ3n) is 6.51. The monoisotopic (exact) mass is 548 g/mol. The molecular weight excluding hydrogens is 522 g/mol. The molecule has 196 valence electrons. The summed E-state index contributed by atoms with van der Waals surface area (Å²) >= 11 is 5.84. The molecule has 1 heterocycles. The first-order valence-electron chi connectivity index (χ1n) is 12.0. The molecular formula is C28H27ClF2O5S. The van der Waals surface area contributed by atoms with Gasteiger partial charge in [0, 0.05) is 25.7 Å². The molecule has 0 radical (unpaired) electrons. The number of carbonyl (C=O) groups is 1. The SMILES string of the molecule is CCS(=O)(=O)c1ccc(CC(=O)Cc2ccc(OC3(c4ccc(Cl)c(F)c4)CCOCC3)c(F)c2)cc1. The lowest BCUT2D eigenvalue weighted by molar-refractivity contribution is -0.117. The maximum atomic E-state index is 15.1. The maximum absolute atomic E-state index is 15.1. The van der Waals surface area contributed by atoms with Crippen molar-refractivity contribution in [2.45, 2.75) is 43.1 Å². The van der Waals surface area contributed by atoms with Crippen LogP contribution in [0.4, 0.5) is 8.78 Å². The summed E-state index contributed by atoms with van der Waals surface area (Å²) in [4.78, 5) is 12.8. The van der Waals surface area contributed by atoms with Gasteiger partial charge in [-0.15, -0.1) is 0 Å². The number of rotatable bonds is 9. The average molecular weight is 549 g/mol. The molecule has 3 aromatic carbocycles. The van der Waals surface area contributed by atoms with Gasteiger partial charge in [0.05, 0.1) is 28.9 Å². The van der Waals surface area contributed by atoms with Crippen molar-refractivity contribution in [3.8, 4) is 5.75 Å². The molecule has 1 saturated heterocycles. The van der Waals surface area contributed by atoms with E-state index in [0.29, 0.717) is 42.7 Å². The minimum absolute atomic E-state index is 0.00109. The van der Waals surface area contributed by atoms with Crippen molar-refractivity contribution in [1.29, 1.82) is 0 Å². The fourth-order valence-corrected chi connectivity index (χ4v) is 5.38. The third kappa shape index (κ3) is 6.37. The fraction of sp³-hybridized carbons (Fsp3) is 0.321. The van der Waals surface area contributed by atoms with Gasteiger partial charge >= 0.3 is 0 Å². The number of Topliss-reactive ketones (excluding diaryl/α,β-unsaturated/α-hetero) is 1. The number of benzene rings is 3. The normalized spacial score (nSPS) is 15.4. The van der Waals surface area contributed by atoms with Gasteiger partial charge in [-0.2, -0.15) is 0 Å². The van der Waals surface area contributed by atoms with Crippen LogP contribution in [0.5, 0.6) is 5.75 Å². The van der Waals surface area contributed by atoms with Crippen LogP contribution in [0.15, 0.2) is 65.6 Å². The van der Waals surface area contributed by atoms with Gasteiger partial charge in [0.1, 0.15) is 17.2 Å². The summed E-state index contributed by atoms with van der Waals surface area (Å²) < 4.78 is 64.8. The van der Waals surface area contributed by atoms with Crippen molar-refractivity contribution >= 4 is 27.2 Å². The Bertz CT molecular complexity index is 1380. The lowest BCUT2D eigenvalue weighted by Crippen LogP contribution is -2.39. The van der Waals surface area contributed by atoms with Crippen LogP contribution in [-0.2, 0) is 37.8 Å². The first kappa shape index (κ1) is 27.2. The molecule has 37 heavy (non-hydrogen) atoms. The average Bonchev–Trinajstić information content (AvgIpc) is 2.88. The number of ether oxygens (including phenoxy) is 2. The highest BCUT2D eigenvalue weighted by Gasteiger charge is 2.38. The first-order chi connectivity index (χ1) is 17.6. The molecule has 0 bridgehead atoms. The molecule has 0 aromatic heterocycles. The molecule has 0 saturated carbocycles. The van der Waals surface area contributed by atoms with Gasteiger partial charge < -0.3 is 9.47 Å². The van der Waals surface area contributed by atoms with Gasteiger partial charge in [-0.1, -0.05) is 42.8 Å². The molecule has 3 aromatic rings. The zero-order valence-electron chi connectivity index (χ0n) is 20.3. The predicted octanol–water partition coefficient (Wildman–Crippen LogP) is 5.85. The molecule has 0 amide bonds. The third-order valence-corrected chi connectivity index (χ3v) is 8.57. The molecule has 0 unspecified atom stereocenters. The van der Waals surface area contributed by atoms with Crippen molar-refractivity contribution in [1.82, 2.24) is 0 Å². The summed E-state index contributed by atoms with van der Waals surface area (Å²) in [5, 5.41) is -0.00639. The Labute approximate surface area is 220 Å². The van der Waals surface area contributed by atoms with E-state index in [0.717, 1.165) is 0 Å². The van der Waals surface area contributed by atoms with Crippen molar-refractivity contribution in [2.24, 2.45) is 0 Å². The molecule has 1 fully saturated rings. The Morgan fingerprint density at radius 2 is 1.59 bits per heavy atom. The van der Waals surface area contributed by atoms with Crippen LogP contribution in [0.25, 0.3) is 0 Å². The molecule has 0 N–H and O–H groups in total. The van der Waals surface area contributed by atoms with Crippen molar-refractivity contribution < 1.29 is 31.5 Å². The molecule has 1 aliphatic heterocycles. The zero-order chi connectivity index (χ0) is 26.6. The second-order valence-electron chi connectivity index (χ2n) is 9.04. The standard InChI is InChI=1S/C28H27ClF2O5S/c1-2-37(33,34)23-7-3-19(4-8-23)15-22(32)16-20-5-10-27(26(31)17-20)36-28(11-13-35-14-12-28)21-6-9-24(29)25(30)18-21/h3-10,17-18H,2,11-16H2,1H3. The molecule has 0 atom stereocenters. The molecule has 0 aliphatic carbocycles. The van der Waals surface area contributed by atoms with E-state index >= 15 is 4.39 Å². The Morgan fingerprint density at radius 3 is 2.22 bits per heavy atom. The minimum Gasteiger partial charge on any atom is -0.479 e. The van der Waals surface area contributed by atoms with Crippen LogP contribution in [-0.4, -0.2) is 33.2 Å². The highest BCUT2D eigenvalue weighted by molar-refractivity contribution is 7.91. The second kappa shape index (κ2) is 11.3. The highest BCUT2D eigenvalue weighted by atomic mass is 35.5. The highest BCUT2D eigenvalue weighted by Crippen LogP contribution is 2.39. The van der Waals surface area contributed by atoms with Gasteiger partial charge in [-0.05, 0) is 53.1 Å². The molecule has 5 nitrogen and oxygen atoms in total. The first-order valence-corrected chi connectivity index (χ1v) is 14.0. The number of hydrogen-bond acceptors (Lipinski definition) is 5. The van der Waals surface area contributed by atoms with E-state index in [1.807, 2.05) is 0 Å². The molecule has 4 rings (SSSR count). The summed E-state index contributed by atoms with van der Waals surface area (Å²) in [7, 11) is -3.31. The minimum atomic E-state index is -3.31. The number of ketones is 1. The van der Waals surface area contributed by atoms with Crippen LogP contribution in [0.1, 0.15) is 36.5 Å². The Hall–Kier alpha value is -2.81. The smallest absolute Gasteiger partial charge is 0.178 e. The maximum Gasteiger partial charge on any atom is 0.178 e. The van der Waals surface area contributed by atoms with Crippen LogP contribution in [0, 0.1) is 11.6 Å². The van der Waals surface area contributed by atoms with E-state index in [1.54, 1.807) is 31.2 Å². The molecule has 1 aliphatic rings. The van der Waals surface area contributed by atoms with E-state index in [9.17, 15) is 17.6 Å². The largest absolute Gasteiger partial charge is 0.479 e. The Balaban J connectivity index is 1.46. The van der Waals surface area contributed by atoms with Crippen LogP contribution < -0.4 is 4.74 Å². The predicted molar refractivity (Wildman–Crippen MR) is 137 cm³/mol. The number of hydrogen-bond donors (Lipinski definition) is 0. The lowest BCUT2D eigenvalue weighted by Gasteiger charge is -2.38. The van der Waals surface area contributed by atoms with Gasteiger partial charge in [0.25, 0.3) is 0 Å². The Kier molecular flexibility index (Phi) is 8.31. The topological polar surface area (TPSA) is 69.7 Å². The van der Waals surface area contributed by atoms with Gasteiger partial charge in [0.2, 0.25) is 0 Å². The Morgan fingerprint density at radius 1 is 0.946 bits per heavy atom. The van der Waals surface area contributed by atoms with Crippen molar-refractivity contribution in [3.63, 3.8) is 0 Å². The summed E-state index contributed by atoms with van der Waals surface area (Å²) in [6.07, 6.45) is 0.920. The van der Waals surface area contributed by atoms with E-state index in [2.05, 4.69) is 0 Å². The number of carbonyl (C=O) groups excluding carboxylic acids is 1. The van der Waals surface area contributed by atoms with Gasteiger partial charge in [-0.25, -0.2) is 17.2 Å². The van der Waals surface area contributed by atoms with Crippen molar-refractivity contribution in [2.75, 3.05) is 19.0 Å². The van der Waals surface area contributed by atoms with E-state index in [1.165, 1.54) is 36.4 Å². The number of halogens is 3. The summed E-state index contributed by atoms with van der Waals surface area (Å²) in [5.74, 6) is -1.34. The zero-order valence-corrected chi connectivity index (χ0v) is 21.9. The molecule has 9 heteroatoms. The van der Waals surface area contributed by atoms with Gasteiger partial charge in [-0.3, -0.25) is 4.79 Å². The quantitative estimate of drug-likeness (QED) is 0.335. The van der Waals surface area contributed by atoms with Crippen LogP contribution in [0.3, 0.4) is 0 Å².